The van der Waals surface area contributed by atoms with E-state index in [1.54, 1.807) is 7.11 Å². The van der Waals surface area contributed by atoms with E-state index in [1.807, 2.05) is 31.2 Å². The van der Waals surface area contributed by atoms with Gasteiger partial charge in [0.15, 0.2) is 5.43 Å². The molecule has 2 aromatic heterocycles. The summed E-state index contributed by atoms with van der Waals surface area (Å²) in [5, 5.41) is 0.512. The molecule has 0 fully saturated rings. The Hall–Kier alpha value is -2.95. The van der Waals surface area contributed by atoms with Crippen molar-refractivity contribution in [3.05, 3.63) is 52.3 Å². The van der Waals surface area contributed by atoms with Crippen LogP contribution in [-0.4, -0.2) is 22.1 Å². The van der Waals surface area contributed by atoms with Gasteiger partial charge in [0.05, 0.1) is 34.6 Å². The number of aromatic nitrogens is 3. The number of aryl methyl sites for hydroxylation is 1. The Labute approximate surface area is 125 Å². The van der Waals surface area contributed by atoms with Gasteiger partial charge in [-0.2, -0.15) is 0 Å². The number of pyridine rings is 1. The SMILES string of the molecule is COc1c(C)c2nc3ccccc3[nH]c2c2c(=O)ccnc12. The maximum absolute atomic E-state index is 12.4. The van der Waals surface area contributed by atoms with Gasteiger partial charge in [-0.25, -0.2) is 4.98 Å². The summed E-state index contributed by atoms with van der Waals surface area (Å²) < 4.78 is 5.48. The number of methoxy groups -OCH3 is 1. The Morgan fingerprint density at radius 1 is 1.14 bits per heavy atom. The third-order valence-electron chi connectivity index (χ3n) is 3.91. The van der Waals surface area contributed by atoms with Crippen molar-refractivity contribution in [2.75, 3.05) is 7.11 Å². The molecule has 0 spiro atoms. The van der Waals surface area contributed by atoms with Crippen LogP contribution in [0.4, 0.5) is 0 Å². The zero-order chi connectivity index (χ0) is 15.3. The molecular weight excluding hydrogens is 278 g/mol. The summed E-state index contributed by atoms with van der Waals surface area (Å²) in [6.07, 6.45) is 1.51. The van der Waals surface area contributed by atoms with Crippen molar-refractivity contribution in [3.63, 3.8) is 0 Å². The average molecular weight is 291 g/mol. The first-order chi connectivity index (χ1) is 10.7. The summed E-state index contributed by atoms with van der Waals surface area (Å²) in [7, 11) is 1.58. The zero-order valence-corrected chi connectivity index (χ0v) is 12.2. The standard InChI is InChI=1S/C17H13N3O2/c1-9-14-15(20-11-6-4-3-5-10(11)19-14)13-12(21)7-8-18-16(13)17(9)22-2/h3-8,20H,1-2H3. The van der Waals surface area contributed by atoms with Crippen LogP contribution in [0.5, 0.6) is 5.75 Å². The first kappa shape index (κ1) is 12.8. The van der Waals surface area contributed by atoms with E-state index in [9.17, 15) is 4.79 Å². The molecule has 5 heteroatoms. The largest absolute Gasteiger partial charge is 0.494 e. The normalized spacial score (nSPS) is 11.4. The Kier molecular flexibility index (Phi) is 2.63. The van der Waals surface area contributed by atoms with Crippen LogP contribution in [0.3, 0.4) is 0 Å². The fourth-order valence-corrected chi connectivity index (χ4v) is 2.89. The number of nitrogens with zero attached hydrogens (tertiary/aromatic N) is 2. The highest BCUT2D eigenvalue weighted by Gasteiger charge is 2.17. The maximum Gasteiger partial charge on any atom is 0.191 e. The molecule has 108 valence electrons. The number of nitrogens with one attached hydrogen (secondary N) is 1. The molecule has 0 bridgehead atoms. The fraction of sp³-hybridized carbons (Fsp3) is 0.118. The fourth-order valence-electron chi connectivity index (χ4n) is 2.89. The Morgan fingerprint density at radius 3 is 2.77 bits per heavy atom. The van der Waals surface area contributed by atoms with Gasteiger partial charge in [-0.1, -0.05) is 12.1 Å². The van der Waals surface area contributed by atoms with Crippen LogP contribution in [0.1, 0.15) is 5.56 Å². The number of rotatable bonds is 1. The van der Waals surface area contributed by atoms with Gasteiger partial charge in [-0.05, 0) is 19.1 Å². The molecule has 0 aliphatic heterocycles. The van der Waals surface area contributed by atoms with E-state index in [4.69, 9.17) is 9.72 Å². The molecule has 0 saturated carbocycles. The minimum atomic E-state index is -0.0957. The number of hydrogen-bond acceptors (Lipinski definition) is 4. The van der Waals surface area contributed by atoms with Gasteiger partial charge < -0.3 is 9.72 Å². The maximum atomic E-state index is 12.4. The number of fused-ring (bicyclic) bond motifs is 4. The van der Waals surface area contributed by atoms with Crippen molar-refractivity contribution >= 4 is 33.0 Å². The van der Waals surface area contributed by atoms with Crippen molar-refractivity contribution in [1.29, 1.82) is 0 Å². The third kappa shape index (κ3) is 1.62. The van der Waals surface area contributed by atoms with Gasteiger partial charge in [0.25, 0.3) is 0 Å². The lowest BCUT2D eigenvalue weighted by Gasteiger charge is -2.12. The van der Waals surface area contributed by atoms with Crippen LogP contribution < -0.4 is 10.2 Å². The zero-order valence-electron chi connectivity index (χ0n) is 12.2. The minimum absolute atomic E-state index is 0.0957. The predicted octanol–water partition coefficient (Wildman–Crippen LogP) is 2.94. The smallest absolute Gasteiger partial charge is 0.191 e. The first-order valence-corrected chi connectivity index (χ1v) is 6.94. The first-order valence-electron chi connectivity index (χ1n) is 6.94. The van der Waals surface area contributed by atoms with Crippen molar-refractivity contribution in [3.8, 4) is 5.75 Å². The van der Waals surface area contributed by atoms with Crippen LogP contribution >= 0.6 is 0 Å². The highest BCUT2D eigenvalue weighted by Crippen LogP contribution is 2.33. The Morgan fingerprint density at radius 2 is 1.95 bits per heavy atom. The van der Waals surface area contributed by atoms with E-state index in [2.05, 4.69) is 9.97 Å². The van der Waals surface area contributed by atoms with Gasteiger partial charge in [0.1, 0.15) is 11.3 Å². The molecule has 4 aromatic rings. The molecule has 0 aliphatic carbocycles. The van der Waals surface area contributed by atoms with Gasteiger partial charge in [-0.3, -0.25) is 9.78 Å². The van der Waals surface area contributed by atoms with Crippen molar-refractivity contribution in [2.45, 2.75) is 6.92 Å². The molecule has 0 amide bonds. The van der Waals surface area contributed by atoms with Crippen molar-refractivity contribution in [2.24, 2.45) is 0 Å². The van der Waals surface area contributed by atoms with E-state index in [0.717, 1.165) is 22.1 Å². The molecule has 0 atom stereocenters. The van der Waals surface area contributed by atoms with E-state index in [-0.39, 0.29) is 5.43 Å². The van der Waals surface area contributed by atoms with E-state index in [0.29, 0.717) is 22.2 Å². The summed E-state index contributed by atoms with van der Waals surface area (Å²) in [5.74, 6) is 0.594. The number of benzene rings is 2. The van der Waals surface area contributed by atoms with Crippen molar-refractivity contribution < 1.29 is 4.74 Å². The molecule has 4 rings (SSSR count). The monoisotopic (exact) mass is 291 g/mol. The van der Waals surface area contributed by atoms with Gasteiger partial charge in [0.2, 0.25) is 0 Å². The quantitative estimate of drug-likeness (QED) is 0.432. The van der Waals surface area contributed by atoms with Gasteiger partial charge in [0, 0.05) is 17.8 Å². The number of H-pyrrole nitrogens is 1. The Bertz CT molecular complexity index is 1100. The predicted molar refractivity (Wildman–Crippen MR) is 86.5 cm³/mol. The highest BCUT2D eigenvalue weighted by molar-refractivity contribution is 6.08. The second-order valence-corrected chi connectivity index (χ2v) is 5.17. The summed E-state index contributed by atoms with van der Waals surface area (Å²) in [5.41, 5.74) is 4.48. The molecular formula is C17H13N3O2. The van der Waals surface area contributed by atoms with Crippen LogP contribution in [0.25, 0.3) is 33.0 Å². The topological polar surface area (TPSA) is 67.9 Å². The number of hydrogen-bond donors (Lipinski definition) is 1. The lowest BCUT2D eigenvalue weighted by molar-refractivity contribution is 0.416. The van der Waals surface area contributed by atoms with E-state index >= 15 is 0 Å². The molecule has 0 radical (unpaired) electrons. The van der Waals surface area contributed by atoms with Crippen LogP contribution in [-0.2, 0) is 0 Å². The summed E-state index contributed by atoms with van der Waals surface area (Å²) in [4.78, 5) is 24.7. The number of para-hydroxylation sites is 2. The summed E-state index contributed by atoms with van der Waals surface area (Å²) >= 11 is 0. The summed E-state index contributed by atoms with van der Waals surface area (Å²) in [6.45, 7) is 1.93. The van der Waals surface area contributed by atoms with Gasteiger partial charge >= 0.3 is 0 Å². The highest BCUT2D eigenvalue weighted by atomic mass is 16.5. The molecule has 22 heavy (non-hydrogen) atoms. The minimum Gasteiger partial charge on any atom is -0.494 e. The molecule has 2 heterocycles. The second kappa shape index (κ2) is 4.53. The van der Waals surface area contributed by atoms with Crippen LogP contribution in [0.15, 0.2) is 41.3 Å². The molecule has 2 aromatic carbocycles. The third-order valence-corrected chi connectivity index (χ3v) is 3.91. The molecule has 0 aliphatic rings. The van der Waals surface area contributed by atoms with E-state index in [1.165, 1.54) is 12.3 Å². The van der Waals surface area contributed by atoms with Crippen molar-refractivity contribution in [1.82, 2.24) is 15.0 Å². The lowest BCUT2D eigenvalue weighted by Crippen LogP contribution is -2.05. The number of aromatic amines is 1. The molecule has 1 N–H and O–H groups in total. The van der Waals surface area contributed by atoms with Crippen LogP contribution in [0, 0.1) is 6.92 Å². The molecule has 0 saturated heterocycles. The van der Waals surface area contributed by atoms with Gasteiger partial charge in [-0.15, -0.1) is 0 Å². The average Bonchev–Trinajstić information content (AvgIpc) is 2.54. The number of ether oxygens (including phenoxy) is 1. The lowest BCUT2D eigenvalue weighted by atomic mass is 10.1. The Balaban J connectivity index is 2.37. The molecule has 0 unspecified atom stereocenters. The molecule has 5 nitrogen and oxygen atoms in total. The summed E-state index contributed by atoms with van der Waals surface area (Å²) in [6, 6.07) is 9.20. The van der Waals surface area contributed by atoms with Crippen LogP contribution in [0.2, 0.25) is 0 Å². The van der Waals surface area contributed by atoms with E-state index < -0.39 is 0 Å². The second-order valence-electron chi connectivity index (χ2n) is 5.17.